The molecule has 5 heteroatoms. The van der Waals surface area contributed by atoms with E-state index in [4.69, 9.17) is 5.11 Å². The van der Waals surface area contributed by atoms with E-state index in [9.17, 15) is 15.0 Å². The highest BCUT2D eigenvalue weighted by atomic mass is 16.3. The third kappa shape index (κ3) is 2.67. The Morgan fingerprint density at radius 1 is 1.16 bits per heavy atom. The number of benzene rings is 1. The normalized spacial score (nSPS) is 12.3. The molecule has 1 aromatic carbocycles. The summed E-state index contributed by atoms with van der Waals surface area (Å²) in [6, 6.07) is 9.92. The predicted molar refractivity (Wildman–Crippen MR) is 70.0 cm³/mol. The molecule has 2 rings (SSSR count). The Hall–Kier alpha value is -2.11. The van der Waals surface area contributed by atoms with Crippen LogP contribution in [0.1, 0.15) is 17.4 Å². The van der Waals surface area contributed by atoms with Gasteiger partial charge in [0.1, 0.15) is 6.10 Å². The predicted octanol–water partition coefficient (Wildman–Crippen LogP) is 0.628. The first-order valence-corrected chi connectivity index (χ1v) is 5.91. The van der Waals surface area contributed by atoms with Crippen molar-refractivity contribution in [3.05, 3.63) is 64.1 Å². The summed E-state index contributed by atoms with van der Waals surface area (Å²) in [4.78, 5) is 11.5. The number of aromatic nitrogens is 1. The van der Waals surface area contributed by atoms with Gasteiger partial charge in [-0.05, 0) is 5.56 Å². The van der Waals surface area contributed by atoms with E-state index >= 15 is 0 Å². The summed E-state index contributed by atoms with van der Waals surface area (Å²) in [5, 5.41) is 29.2. The number of pyridine rings is 1. The molecule has 0 amide bonds. The number of aliphatic hydroxyl groups is 2. The molecular weight excluding hydrogens is 246 g/mol. The third-order valence-electron chi connectivity index (χ3n) is 2.91. The molecule has 0 fully saturated rings. The van der Waals surface area contributed by atoms with E-state index in [1.54, 1.807) is 24.3 Å². The van der Waals surface area contributed by atoms with Crippen LogP contribution in [0.15, 0.2) is 47.4 Å². The lowest BCUT2D eigenvalue weighted by atomic mass is 10.0. The zero-order valence-electron chi connectivity index (χ0n) is 10.2. The lowest BCUT2D eigenvalue weighted by molar-refractivity contribution is 0.197. The molecule has 0 saturated carbocycles. The molecule has 100 valence electrons. The Morgan fingerprint density at radius 2 is 1.84 bits per heavy atom. The first-order valence-electron chi connectivity index (χ1n) is 5.91. The fourth-order valence-electron chi connectivity index (χ4n) is 1.96. The minimum Gasteiger partial charge on any atom is -0.503 e. The summed E-state index contributed by atoms with van der Waals surface area (Å²) >= 11 is 0. The molecule has 3 N–H and O–H groups in total. The summed E-state index contributed by atoms with van der Waals surface area (Å²) in [5.74, 6) is -0.493. The van der Waals surface area contributed by atoms with E-state index in [1.165, 1.54) is 16.8 Å². The van der Waals surface area contributed by atoms with Crippen LogP contribution in [0, 0.1) is 0 Å². The van der Waals surface area contributed by atoms with Crippen molar-refractivity contribution in [1.29, 1.82) is 0 Å². The van der Waals surface area contributed by atoms with Gasteiger partial charge in [0, 0.05) is 18.8 Å². The summed E-state index contributed by atoms with van der Waals surface area (Å²) in [5.41, 5.74) is 0.0991. The van der Waals surface area contributed by atoms with E-state index in [-0.39, 0.29) is 18.8 Å². The van der Waals surface area contributed by atoms with Crippen LogP contribution in [0.3, 0.4) is 0 Å². The average Bonchev–Trinajstić information content (AvgIpc) is 2.44. The largest absolute Gasteiger partial charge is 0.503 e. The monoisotopic (exact) mass is 261 g/mol. The van der Waals surface area contributed by atoms with E-state index in [2.05, 4.69) is 0 Å². The van der Waals surface area contributed by atoms with Crippen LogP contribution >= 0.6 is 0 Å². The topological polar surface area (TPSA) is 82.7 Å². The van der Waals surface area contributed by atoms with Crippen LogP contribution < -0.4 is 5.43 Å². The van der Waals surface area contributed by atoms with Gasteiger partial charge in [-0.25, -0.2) is 0 Å². The fraction of sp³-hybridized carbons (Fsp3) is 0.214. The quantitative estimate of drug-likeness (QED) is 0.753. The summed E-state index contributed by atoms with van der Waals surface area (Å²) in [6.45, 7) is 0.0316. The van der Waals surface area contributed by atoms with Crippen LogP contribution in [0.25, 0.3) is 0 Å². The lowest BCUT2D eigenvalue weighted by Crippen LogP contribution is -2.18. The molecule has 0 aliphatic heterocycles. The van der Waals surface area contributed by atoms with Gasteiger partial charge in [0.2, 0.25) is 5.43 Å². The standard InChI is InChI=1S/C14H15NO4/c16-9-8-15-7-6-11(17)14(19)12(15)13(18)10-4-2-1-3-5-10/h1-7,13,16,18-19H,8-9H2. The van der Waals surface area contributed by atoms with Crippen LogP contribution in [0.2, 0.25) is 0 Å². The summed E-state index contributed by atoms with van der Waals surface area (Å²) < 4.78 is 1.47. The van der Waals surface area contributed by atoms with E-state index in [0.717, 1.165) is 0 Å². The fourth-order valence-corrected chi connectivity index (χ4v) is 1.96. The molecule has 0 saturated heterocycles. The van der Waals surface area contributed by atoms with Crippen molar-refractivity contribution in [2.24, 2.45) is 0 Å². The van der Waals surface area contributed by atoms with E-state index in [1.807, 2.05) is 6.07 Å². The van der Waals surface area contributed by atoms with Gasteiger partial charge in [0.05, 0.1) is 12.3 Å². The Morgan fingerprint density at radius 3 is 2.47 bits per heavy atom. The molecule has 19 heavy (non-hydrogen) atoms. The van der Waals surface area contributed by atoms with Gasteiger partial charge >= 0.3 is 0 Å². The van der Waals surface area contributed by atoms with Gasteiger partial charge in [-0.1, -0.05) is 30.3 Å². The van der Waals surface area contributed by atoms with Crippen molar-refractivity contribution in [3.8, 4) is 5.75 Å². The van der Waals surface area contributed by atoms with E-state index in [0.29, 0.717) is 5.56 Å². The maximum Gasteiger partial charge on any atom is 0.223 e. The number of hydrogen-bond acceptors (Lipinski definition) is 4. The highest BCUT2D eigenvalue weighted by molar-refractivity contribution is 5.35. The summed E-state index contributed by atoms with van der Waals surface area (Å²) in [6.07, 6.45) is 0.321. The second-order valence-corrected chi connectivity index (χ2v) is 4.14. The van der Waals surface area contributed by atoms with Crippen LogP contribution in [0.4, 0.5) is 0 Å². The molecule has 0 aliphatic carbocycles. The molecule has 0 radical (unpaired) electrons. The SMILES string of the molecule is O=c1ccn(CCO)c(C(O)c2ccccc2)c1O. The highest BCUT2D eigenvalue weighted by Crippen LogP contribution is 2.26. The maximum absolute atomic E-state index is 11.5. The number of aromatic hydroxyl groups is 1. The molecule has 5 nitrogen and oxygen atoms in total. The zero-order chi connectivity index (χ0) is 13.8. The van der Waals surface area contributed by atoms with Crippen molar-refractivity contribution in [3.63, 3.8) is 0 Å². The molecule has 1 aromatic heterocycles. The second-order valence-electron chi connectivity index (χ2n) is 4.14. The lowest BCUT2D eigenvalue weighted by Gasteiger charge is -2.18. The third-order valence-corrected chi connectivity index (χ3v) is 2.91. The van der Waals surface area contributed by atoms with Gasteiger partial charge in [0.15, 0.2) is 5.75 Å². The Labute approximate surface area is 110 Å². The van der Waals surface area contributed by atoms with Gasteiger partial charge < -0.3 is 19.9 Å². The number of nitrogens with zero attached hydrogens (tertiary/aromatic N) is 1. The van der Waals surface area contributed by atoms with E-state index < -0.39 is 17.3 Å². The van der Waals surface area contributed by atoms with Crippen molar-refractivity contribution in [1.82, 2.24) is 4.57 Å². The molecule has 0 spiro atoms. The highest BCUT2D eigenvalue weighted by Gasteiger charge is 2.19. The Bertz CT molecular complexity index is 607. The molecule has 2 aromatic rings. The van der Waals surface area contributed by atoms with Gasteiger partial charge in [0.25, 0.3) is 0 Å². The molecule has 1 atom stereocenters. The Kier molecular flexibility index (Phi) is 3.99. The first-order chi connectivity index (χ1) is 9.15. The van der Waals surface area contributed by atoms with Crippen LogP contribution in [-0.2, 0) is 6.54 Å². The van der Waals surface area contributed by atoms with Gasteiger partial charge in [-0.2, -0.15) is 0 Å². The van der Waals surface area contributed by atoms with Crippen molar-refractivity contribution in [2.75, 3.05) is 6.61 Å². The second kappa shape index (κ2) is 5.69. The van der Waals surface area contributed by atoms with Gasteiger partial charge in [-0.15, -0.1) is 0 Å². The van der Waals surface area contributed by atoms with Crippen LogP contribution in [-0.4, -0.2) is 26.5 Å². The first kappa shape index (κ1) is 13.3. The van der Waals surface area contributed by atoms with Crippen molar-refractivity contribution in [2.45, 2.75) is 12.6 Å². The number of hydrogen-bond donors (Lipinski definition) is 3. The summed E-state index contributed by atoms with van der Waals surface area (Å²) in [7, 11) is 0. The van der Waals surface area contributed by atoms with Crippen molar-refractivity contribution >= 4 is 0 Å². The molecule has 0 aliphatic rings. The van der Waals surface area contributed by atoms with Crippen LogP contribution in [0.5, 0.6) is 5.75 Å². The minimum atomic E-state index is -1.12. The smallest absolute Gasteiger partial charge is 0.223 e. The molecule has 0 bridgehead atoms. The molecule has 1 unspecified atom stereocenters. The number of aliphatic hydroxyl groups excluding tert-OH is 2. The zero-order valence-corrected chi connectivity index (χ0v) is 10.2. The number of rotatable bonds is 4. The average molecular weight is 261 g/mol. The molecule has 1 heterocycles. The minimum absolute atomic E-state index is 0.0905. The maximum atomic E-state index is 11.5. The van der Waals surface area contributed by atoms with Crippen molar-refractivity contribution < 1.29 is 15.3 Å². The molecular formula is C14H15NO4. The Balaban J connectivity index is 2.54. The van der Waals surface area contributed by atoms with Gasteiger partial charge in [-0.3, -0.25) is 4.79 Å².